The van der Waals surface area contributed by atoms with Crippen LogP contribution in [0.2, 0.25) is 0 Å². The highest BCUT2D eigenvalue weighted by atomic mass is 16.7. The van der Waals surface area contributed by atoms with Crippen LogP contribution in [0.5, 0.6) is 0 Å². The molecule has 0 radical (unpaired) electrons. The van der Waals surface area contributed by atoms with Gasteiger partial charge in [-0.05, 0) is 0 Å². The molecule has 0 unspecified atom stereocenters. The van der Waals surface area contributed by atoms with Gasteiger partial charge < -0.3 is 25.3 Å². The third-order valence-corrected chi connectivity index (χ3v) is 2.75. The Kier molecular flexibility index (Phi) is 2.82. The Hall–Kier alpha value is -1.77. The van der Waals surface area contributed by atoms with Gasteiger partial charge in [-0.15, -0.1) is 0 Å². The van der Waals surface area contributed by atoms with E-state index in [1.807, 2.05) is 0 Å². The van der Waals surface area contributed by atoms with Crippen molar-refractivity contribution in [1.82, 2.24) is 19.9 Å². The van der Waals surface area contributed by atoms with E-state index >= 15 is 0 Å². The zero-order valence-electron chi connectivity index (χ0n) is 9.54. The third kappa shape index (κ3) is 2.01. The smallest absolute Gasteiger partial charge is 0.183 e. The van der Waals surface area contributed by atoms with Gasteiger partial charge in [-0.1, -0.05) is 0 Å². The number of nitrogens with one attached hydrogen (secondary N) is 1. The first-order valence-corrected chi connectivity index (χ1v) is 5.59. The van der Waals surface area contributed by atoms with Crippen LogP contribution in [0, 0.1) is 0 Å². The molecule has 1 aliphatic rings. The van der Waals surface area contributed by atoms with Crippen LogP contribution in [-0.4, -0.2) is 50.7 Å². The fourth-order valence-corrected chi connectivity index (χ4v) is 1.92. The molecule has 3 rings (SSSR count). The van der Waals surface area contributed by atoms with Gasteiger partial charge in [0.05, 0.1) is 19.3 Å². The van der Waals surface area contributed by atoms with Gasteiger partial charge in [0.25, 0.3) is 0 Å². The maximum atomic E-state index is 8.89. The molecule has 3 heterocycles. The number of H-pyrrole nitrogens is 1. The molecule has 8 nitrogen and oxygen atoms in total. The van der Waals surface area contributed by atoms with Crippen molar-refractivity contribution in [2.45, 2.75) is 18.8 Å². The number of fused-ring (bicyclic) bond motifs is 1. The van der Waals surface area contributed by atoms with Crippen LogP contribution < -0.4 is 5.73 Å². The summed E-state index contributed by atoms with van der Waals surface area (Å²) < 4.78 is 10.7. The maximum absolute atomic E-state index is 8.89. The number of anilines is 1. The molecule has 4 N–H and O–H groups in total. The van der Waals surface area contributed by atoms with Crippen molar-refractivity contribution in [2.24, 2.45) is 0 Å². The Morgan fingerprint density at radius 1 is 1.50 bits per heavy atom. The highest BCUT2D eigenvalue weighted by Crippen LogP contribution is 2.18. The van der Waals surface area contributed by atoms with Gasteiger partial charge in [0.15, 0.2) is 17.8 Å². The number of hydrogen-bond donors (Lipinski definition) is 3. The minimum Gasteiger partial charge on any atom is -0.391 e. The molecule has 18 heavy (non-hydrogen) atoms. The molecule has 0 aliphatic carbocycles. The molecule has 2 aromatic heterocycles. The normalized spacial score (nSPS) is 23.8. The number of aromatic nitrogens is 4. The summed E-state index contributed by atoms with van der Waals surface area (Å²) in [7, 11) is 0. The van der Waals surface area contributed by atoms with Crippen molar-refractivity contribution in [3.8, 4) is 0 Å². The quantitative estimate of drug-likeness (QED) is 0.654. The van der Waals surface area contributed by atoms with Crippen LogP contribution in [0.1, 0.15) is 5.82 Å². The van der Waals surface area contributed by atoms with Crippen molar-refractivity contribution in [3.05, 3.63) is 12.2 Å². The fourth-order valence-electron chi connectivity index (χ4n) is 1.92. The topological polar surface area (TPSA) is 119 Å². The average molecular weight is 251 g/mol. The van der Waals surface area contributed by atoms with Gasteiger partial charge in [0.2, 0.25) is 0 Å². The largest absolute Gasteiger partial charge is 0.391 e. The van der Waals surface area contributed by atoms with E-state index in [9.17, 15) is 0 Å². The lowest BCUT2D eigenvalue weighted by Crippen LogP contribution is -2.17. The molecule has 0 spiro atoms. The number of nitrogens with zero attached hydrogens (tertiary/aromatic N) is 3. The highest BCUT2D eigenvalue weighted by Gasteiger charge is 2.26. The summed E-state index contributed by atoms with van der Waals surface area (Å²) in [5.41, 5.74) is 6.88. The first-order valence-electron chi connectivity index (χ1n) is 5.59. The molecule has 2 aromatic rings. The number of nitrogens with two attached hydrogens (primary N) is 1. The Bertz CT molecular complexity index is 557. The standard InChI is InChI=1S/C10H13N5O3/c11-9-8-10(13-4-12-9)15-6(14-8)1-5-3-17-7(2-16)18-5/h4-5,7,16H,1-3H2,(H3,11,12,13,14,15)/t5-,7+/m0/s1. The second kappa shape index (κ2) is 4.48. The second-order valence-electron chi connectivity index (χ2n) is 4.05. The molecular weight excluding hydrogens is 238 g/mol. The number of aliphatic hydroxyl groups excluding tert-OH is 1. The van der Waals surface area contributed by atoms with Gasteiger partial charge in [0.1, 0.15) is 17.7 Å². The molecule has 0 bridgehead atoms. The van der Waals surface area contributed by atoms with Crippen LogP contribution in [0.4, 0.5) is 5.82 Å². The fraction of sp³-hybridized carbons (Fsp3) is 0.500. The molecular formula is C10H13N5O3. The van der Waals surface area contributed by atoms with Crippen LogP contribution >= 0.6 is 0 Å². The highest BCUT2D eigenvalue weighted by molar-refractivity contribution is 5.80. The second-order valence-corrected chi connectivity index (χ2v) is 4.05. The summed E-state index contributed by atoms with van der Waals surface area (Å²) in [4.78, 5) is 15.3. The van der Waals surface area contributed by atoms with E-state index in [1.54, 1.807) is 0 Å². The number of ether oxygens (including phenoxy) is 2. The summed E-state index contributed by atoms with van der Waals surface area (Å²) in [5, 5.41) is 8.89. The van der Waals surface area contributed by atoms with Gasteiger partial charge in [-0.25, -0.2) is 15.0 Å². The maximum Gasteiger partial charge on any atom is 0.183 e. The molecule has 2 atom stereocenters. The Labute approximate surface area is 102 Å². The monoisotopic (exact) mass is 251 g/mol. The number of imidazole rings is 1. The molecule has 8 heteroatoms. The average Bonchev–Trinajstić information content (AvgIpc) is 2.96. The zero-order chi connectivity index (χ0) is 12.5. The van der Waals surface area contributed by atoms with Gasteiger partial charge in [0, 0.05) is 6.42 Å². The van der Waals surface area contributed by atoms with Crippen molar-refractivity contribution in [3.63, 3.8) is 0 Å². The van der Waals surface area contributed by atoms with Crippen molar-refractivity contribution < 1.29 is 14.6 Å². The van der Waals surface area contributed by atoms with Crippen LogP contribution in [0.25, 0.3) is 11.2 Å². The van der Waals surface area contributed by atoms with E-state index in [1.165, 1.54) is 6.33 Å². The summed E-state index contributed by atoms with van der Waals surface area (Å²) in [5.74, 6) is 1.08. The molecule has 96 valence electrons. The summed E-state index contributed by atoms with van der Waals surface area (Å²) in [6, 6.07) is 0. The number of aromatic amines is 1. The third-order valence-electron chi connectivity index (χ3n) is 2.75. The molecule has 1 aliphatic heterocycles. The number of hydrogen-bond acceptors (Lipinski definition) is 7. The molecule has 0 amide bonds. The first-order chi connectivity index (χ1) is 8.76. The van der Waals surface area contributed by atoms with Gasteiger partial charge in [-0.3, -0.25) is 0 Å². The SMILES string of the molecule is Nc1ncnc2nc(C[C@H]3CO[C@@H](CO)O3)[nH]c12. The predicted octanol–water partition coefficient (Wildman–Crippen LogP) is -0.789. The minimum absolute atomic E-state index is 0.128. The van der Waals surface area contributed by atoms with Crippen LogP contribution in [0.3, 0.4) is 0 Å². The lowest BCUT2D eigenvalue weighted by Gasteiger charge is -2.07. The van der Waals surface area contributed by atoms with E-state index in [4.69, 9.17) is 20.3 Å². The van der Waals surface area contributed by atoms with E-state index in [2.05, 4.69) is 19.9 Å². The van der Waals surface area contributed by atoms with Gasteiger partial charge in [-0.2, -0.15) is 0 Å². The number of rotatable bonds is 3. The van der Waals surface area contributed by atoms with E-state index < -0.39 is 6.29 Å². The summed E-state index contributed by atoms with van der Waals surface area (Å²) in [6.45, 7) is 0.290. The van der Waals surface area contributed by atoms with Crippen molar-refractivity contribution >= 4 is 17.0 Å². The van der Waals surface area contributed by atoms with Crippen LogP contribution in [0.15, 0.2) is 6.33 Å². The molecule has 1 fully saturated rings. The minimum atomic E-state index is -0.538. The molecule has 1 saturated heterocycles. The molecule has 0 aromatic carbocycles. The number of aliphatic hydroxyl groups is 1. The predicted molar refractivity (Wildman–Crippen MR) is 61.5 cm³/mol. The lowest BCUT2D eigenvalue weighted by molar-refractivity contribution is -0.0875. The Morgan fingerprint density at radius 2 is 2.39 bits per heavy atom. The van der Waals surface area contributed by atoms with Crippen molar-refractivity contribution in [1.29, 1.82) is 0 Å². The Morgan fingerprint density at radius 3 is 3.11 bits per heavy atom. The Balaban J connectivity index is 1.77. The van der Waals surface area contributed by atoms with Crippen molar-refractivity contribution in [2.75, 3.05) is 18.9 Å². The molecule has 0 saturated carbocycles. The first kappa shape index (κ1) is 11.3. The number of nitrogen functional groups attached to an aromatic ring is 1. The summed E-state index contributed by atoms with van der Waals surface area (Å²) in [6.07, 6.45) is 1.26. The van der Waals surface area contributed by atoms with E-state index in [-0.39, 0.29) is 12.7 Å². The van der Waals surface area contributed by atoms with Gasteiger partial charge >= 0.3 is 0 Å². The van der Waals surface area contributed by atoms with Crippen LogP contribution in [-0.2, 0) is 15.9 Å². The summed E-state index contributed by atoms with van der Waals surface area (Å²) >= 11 is 0. The zero-order valence-corrected chi connectivity index (χ0v) is 9.54. The van der Waals surface area contributed by atoms with E-state index in [0.717, 1.165) is 0 Å². The van der Waals surface area contributed by atoms with E-state index in [0.29, 0.717) is 35.8 Å². The lowest BCUT2D eigenvalue weighted by atomic mass is 10.2.